The van der Waals surface area contributed by atoms with E-state index in [9.17, 15) is 4.79 Å². The van der Waals surface area contributed by atoms with Crippen LogP contribution in [-0.4, -0.2) is 94.0 Å². The van der Waals surface area contributed by atoms with Crippen LogP contribution in [0.5, 0.6) is 0 Å². The second-order valence-electron chi connectivity index (χ2n) is 14.8. The standard InChI is InChI=1S/C43H64N7O6P/c1-9-49(37-21-18-35(19-22-37)45-48-39-23-20-36(28-34(39)7)46-47-38-17-13-12-16-33(38)6)25-27-54-43(52)44-24-14-10-11-15-26-53-42-29-40(41(30-51)55-42)56-57(8)50(31(2)3)32(4)5/h12-13,16-23,28,31-32,40-42,51H,9-11,14-15,24-27,29-30H2,1-8H3,(H,44,52)/t40?,41-,42-,57?/m1/s1/i51D. The normalized spacial score (nSPS) is 17.9. The fraction of sp³-hybridized carbons (Fsp3) is 0.558. The summed E-state index contributed by atoms with van der Waals surface area (Å²) in [5.74, 6) is 0. The topological polar surface area (TPSA) is 142 Å². The number of aliphatic hydroxyl groups excluding tert-OH is 1. The van der Waals surface area contributed by atoms with Crippen LogP contribution in [0.1, 0.15) is 77.8 Å². The molecule has 1 aliphatic rings. The molecule has 1 aliphatic heterocycles. The monoisotopic (exact) mass is 806 g/mol. The fourth-order valence-corrected chi connectivity index (χ4v) is 8.76. The lowest BCUT2D eigenvalue weighted by atomic mass is 10.2. The van der Waals surface area contributed by atoms with Gasteiger partial charge in [0.15, 0.2) is 6.29 Å². The molecule has 0 aromatic heterocycles. The van der Waals surface area contributed by atoms with Crippen molar-refractivity contribution in [3.8, 4) is 0 Å². The Kier molecular flexibility index (Phi) is 18.8. The smallest absolute Gasteiger partial charge is 0.407 e. The van der Waals surface area contributed by atoms with E-state index in [0.717, 1.165) is 71.8 Å². The van der Waals surface area contributed by atoms with E-state index in [1.54, 1.807) is 0 Å². The molecule has 13 nitrogen and oxygen atoms in total. The number of hydrogen-bond acceptors (Lipinski definition) is 12. The van der Waals surface area contributed by atoms with Crippen molar-refractivity contribution in [1.29, 1.82) is 1.43 Å². The highest BCUT2D eigenvalue weighted by Gasteiger charge is 2.38. The van der Waals surface area contributed by atoms with Crippen molar-refractivity contribution >= 4 is 42.8 Å². The molecule has 0 saturated carbocycles. The van der Waals surface area contributed by atoms with Gasteiger partial charge in [0.2, 0.25) is 1.43 Å². The van der Waals surface area contributed by atoms with Gasteiger partial charge in [-0.3, -0.25) is 4.67 Å². The molecule has 14 heteroatoms. The van der Waals surface area contributed by atoms with Crippen molar-refractivity contribution in [2.75, 3.05) is 51.0 Å². The van der Waals surface area contributed by atoms with Gasteiger partial charge < -0.3 is 34.1 Å². The van der Waals surface area contributed by atoms with Gasteiger partial charge in [0.1, 0.15) is 21.0 Å². The number of aliphatic hydroxyl groups is 1. The lowest BCUT2D eigenvalue weighted by molar-refractivity contribution is -0.143. The van der Waals surface area contributed by atoms with E-state index in [0.29, 0.717) is 38.2 Å². The second kappa shape index (κ2) is 24.2. The quantitative estimate of drug-likeness (QED) is 0.0517. The molecule has 2 unspecified atom stereocenters. The molecule has 2 N–H and O–H groups in total. The zero-order valence-corrected chi connectivity index (χ0v) is 36.0. The molecule has 4 rings (SSSR count). The van der Waals surface area contributed by atoms with E-state index in [4.69, 9.17) is 20.2 Å². The van der Waals surface area contributed by atoms with Gasteiger partial charge in [-0.2, -0.15) is 20.5 Å². The first-order valence-corrected chi connectivity index (χ1v) is 21.9. The van der Waals surface area contributed by atoms with Gasteiger partial charge in [-0.25, -0.2) is 4.79 Å². The molecule has 3 aromatic carbocycles. The van der Waals surface area contributed by atoms with E-state index in [1.807, 2.05) is 80.6 Å². The van der Waals surface area contributed by atoms with Crippen LogP contribution in [0.15, 0.2) is 87.2 Å². The lowest BCUT2D eigenvalue weighted by Crippen LogP contribution is -2.35. The minimum atomic E-state index is -0.821. The Balaban J connectivity index is 1.08. The largest absolute Gasteiger partial charge is 0.448 e. The Morgan fingerprint density at radius 3 is 2.28 bits per heavy atom. The zero-order chi connectivity index (χ0) is 41.9. The molecule has 312 valence electrons. The third kappa shape index (κ3) is 15.1. The minimum absolute atomic E-state index is 0.148. The number of ether oxygens (including phenoxy) is 3. The number of alkyl carbamates (subject to hydrolysis) is 1. The first-order chi connectivity index (χ1) is 28.0. The number of nitrogens with zero attached hydrogens (tertiary/aromatic N) is 6. The van der Waals surface area contributed by atoms with Crippen LogP contribution in [0.25, 0.3) is 0 Å². The van der Waals surface area contributed by atoms with Crippen LogP contribution >= 0.6 is 8.30 Å². The van der Waals surface area contributed by atoms with E-state index in [2.05, 4.69) is 81.7 Å². The van der Waals surface area contributed by atoms with Gasteiger partial charge in [0.05, 0.1) is 42.0 Å². The third-order valence-electron chi connectivity index (χ3n) is 9.68. The highest BCUT2D eigenvalue weighted by atomic mass is 31.2. The number of azo groups is 2. The Labute approximate surface area is 342 Å². The van der Waals surface area contributed by atoms with Crippen molar-refractivity contribution in [3.63, 3.8) is 0 Å². The number of rotatable bonds is 24. The van der Waals surface area contributed by atoms with Crippen molar-refractivity contribution < 1.29 is 28.6 Å². The molecule has 4 atom stereocenters. The van der Waals surface area contributed by atoms with E-state index in [1.165, 1.54) is 0 Å². The van der Waals surface area contributed by atoms with Gasteiger partial charge in [-0.05, 0) is 128 Å². The summed E-state index contributed by atoms with van der Waals surface area (Å²) in [5.41, 5.74) is 6.15. The van der Waals surface area contributed by atoms with Crippen LogP contribution in [0.4, 0.5) is 33.2 Å². The molecule has 1 saturated heterocycles. The molecule has 1 fully saturated rings. The summed E-state index contributed by atoms with van der Waals surface area (Å²) in [6.07, 6.45) is 3.02. The molecule has 0 aliphatic carbocycles. The molecular formula is C43H64N7O6P. The van der Waals surface area contributed by atoms with Crippen molar-refractivity contribution in [1.82, 2.24) is 9.99 Å². The maximum Gasteiger partial charge on any atom is 0.407 e. The van der Waals surface area contributed by atoms with Crippen LogP contribution in [0.3, 0.4) is 0 Å². The van der Waals surface area contributed by atoms with Crippen LogP contribution < -0.4 is 10.2 Å². The summed E-state index contributed by atoms with van der Waals surface area (Å²) in [5, 5.41) is 25.2. The fourth-order valence-electron chi connectivity index (χ4n) is 6.74. The second-order valence-corrected chi connectivity index (χ2v) is 16.4. The number of anilines is 1. The number of amides is 1. The highest BCUT2D eigenvalue weighted by molar-refractivity contribution is 7.49. The number of carbonyl (C=O) groups is 1. The van der Waals surface area contributed by atoms with E-state index >= 15 is 0 Å². The van der Waals surface area contributed by atoms with Crippen molar-refractivity contribution in [2.45, 2.75) is 111 Å². The number of benzene rings is 3. The average molecular weight is 807 g/mol. The maximum absolute atomic E-state index is 12.3. The Morgan fingerprint density at radius 2 is 1.60 bits per heavy atom. The summed E-state index contributed by atoms with van der Waals surface area (Å²) >= 11 is 0. The van der Waals surface area contributed by atoms with Gasteiger partial charge in [0.25, 0.3) is 0 Å². The maximum atomic E-state index is 12.3. The first kappa shape index (κ1) is 44.3. The third-order valence-corrected chi connectivity index (χ3v) is 11.8. The van der Waals surface area contributed by atoms with Crippen LogP contribution in [0, 0.1) is 13.8 Å². The predicted molar refractivity (Wildman–Crippen MR) is 229 cm³/mol. The van der Waals surface area contributed by atoms with Crippen LogP contribution in [-0.2, 0) is 18.7 Å². The highest BCUT2D eigenvalue weighted by Crippen LogP contribution is 2.45. The summed E-state index contributed by atoms with van der Waals surface area (Å²) in [7, 11) is -0.821. The lowest BCUT2D eigenvalue weighted by Gasteiger charge is -2.36. The number of nitrogens with one attached hydrogen (secondary N) is 1. The Hall–Kier alpha value is -3.84. The molecule has 0 radical (unpaired) electrons. The number of likely N-dealkylation sites (N-methyl/N-ethyl adjacent to an activating group) is 1. The molecular weight excluding hydrogens is 741 g/mol. The zero-order valence-electron chi connectivity index (χ0n) is 36.1. The van der Waals surface area contributed by atoms with E-state index in [-0.39, 0.29) is 31.7 Å². The first-order valence-electron chi connectivity index (χ1n) is 20.7. The number of unbranched alkanes of at least 4 members (excludes halogenated alkanes) is 3. The van der Waals surface area contributed by atoms with Crippen molar-refractivity contribution in [2.24, 2.45) is 20.5 Å². The van der Waals surface area contributed by atoms with Gasteiger partial charge in [-0.1, -0.05) is 31.0 Å². The predicted octanol–water partition coefficient (Wildman–Crippen LogP) is 10.8. The number of hydrogen-bond donors (Lipinski definition) is 2. The molecule has 0 spiro atoms. The van der Waals surface area contributed by atoms with Gasteiger partial charge in [0, 0.05) is 43.9 Å². The SMILES string of the molecule is [2H]OC[C@H]1O[C@@H](OCCCCCCNC(=O)OCCN(CC)c2ccc(N=Nc3ccc(N=Nc4ccccc4C)cc3C)cc2)CC1OP(C)N(C(C)C)C(C)C. The van der Waals surface area contributed by atoms with Gasteiger partial charge in [-0.15, -0.1) is 0 Å². The van der Waals surface area contributed by atoms with Crippen molar-refractivity contribution in [3.05, 3.63) is 77.9 Å². The molecule has 1 amide bonds. The molecule has 3 aromatic rings. The molecule has 0 bridgehead atoms. The molecule has 57 heavy (non-hydrogen) atoms. The van der Waals surface area contributed by atoms with Gasteiger partial charge >= 0.3 is 6.09 Å². The summed E-state index contributed by atoms with van der Waals surface area (Å²) in [6, 6.07) is 22.2. The summed E-state index contributed by atoms with van der Waals surface area (Å²) in [4.78, 5) is 14.5. The summed E-state index contributed by atoms with van der Waals surface area (Å²) < 4.78 is 33.6. The Bertz CT molecular complexity index is 1730. The minimum Gasteiger partial charge on any atom is -0.448 e. The number of aryl methyl sites for hydroxylation is 2. The van der Waals surface area contributed by atoms with Crippen LogP contribution in [0.2, 0.25) is 0 Å². The average Bonchev–Trinajstić information content (AvgIpc) is 3.57. The van der Waals surface area contributed by atoms with E-state index < -0.39 is 14.4 Å². The Morgan fingerprint density at radius 1 is 0.912 bits per heavy atom. The summed E-state index contributed by atoms with van der Waals surface area (Å²) in [6.45, 7) is 19.8. The number of carbonyl (C=O) groups excluding carboxylic acids is 1. The molecule has 1 heterocycles.